The molecule has 0 radical (unpaired) electrons. The molecule has 1 aromatic rings. The van der Waals surface area contributed by atoms with Gasteiger partial charge in [0.15, 0.2) is 0 Å². The van der Waals surface area contributed by atoms with Crippen molar-refractivity contribution in [2.75, 3.05) is 18.0 Å². The van der Waals surface area contributed by atoms with Gasteiger partial charge in [-0.25, -0.2) is 0 Å². The molecule has 1 N–H and O–H groups in total. The SMILES string of the molecule is Cc1cc(N2CCC(C(C)C)C2)ccc1CNC(C)C. The van der Waals surface area contributed by atoms with E-state index in [0.717, 1.165) is 18.4 Å². The lowest BCUT2D eigenvalue weighted by Gasteiger charge is -2.21. The van der Waals surface area contributed by atoms with Crippen molar-refractivity contribution >= 4 is 5.69 Å². The van der Waals surface area contributed by atoms with Gasteiger partial charge in [0, 0.05) is 31.4 Å². The van der Waals surface area contributed by atoms with E-state index < -0.39 is 0 Å². The van der Waals surface area contributed by atoms with E-state index in [0.29, 0.717) is 6.04 Å². The fourth-order valence-electron chi connectivity index (χ4n) is 2.96. The molecule has 1 aliphatic rings. The van der Waals surface area contributed by atoms with E-state index in [1.807, 2.05) is 0 Å². The predicted molar refractivity (Wildman–Crippen MR) is 88.3 cm³/mol. The first-order valence-corrected chi connectivity index (χ1v) is 8.05. The molecule has 1 aliphatic heterocycles. The van der Waals surface area contributed by atoms with E-state index in [1.54, 1.807) is 0 Å². The van der Waals surface area contributed by atoms with Gasteiger partial charge in [0.1, 0.15) is 0 Å². The standard InChI is InChI=1S/C18H30N2/c1-13(2)17-8-9-20(12-17)18-7-6-16(15(5)10-18)11-19-14(3)4/h6-7,10,13-14,17,19H,8-9,11-12H2,1-5H3. The van der Waals surface area contributed by atoms with Crippen LogP contribution in [0.3, 0.4) is 0 Å². The summed E-state index contributed by atoms with van der Waals surface area (Å²) in [5, 5.41) is 3.50. The van der Waals surface area contributed by atoms with E-state index in [4.69, 9.17) is 0 Å². The van der Waals surface area contributed by atoms with Crippen LogP contribution in [0.4, 0.5) is 5.69 Å². The Hall–Kier alpha value is -1.02. The smallest absolute Gasteiger partial charge is 0.0369 e. The van der Waals surface area contributed by atoms with Gasteiger partial charge in [-0.1, -0.05) is 33.8 Å². The monoisotopic (exact) mass is 274 g/mol. The minimum Gasteiger partial charge on any atom is -0.371 e. The summed E-state index contributed by atoms with van der Waals surface area (Å²) in [6.07, 6.45) is 1.34. The Morgan fingerprint density at radius 1 is 1.25 bits per heavy atom. The van der Waals surface area contributed by atoms with Crippen LogP contribution in [0.25, 0.3) is 0 Å². The van der Waals surface area contributed by atoms with Crippen LogP contribution in [-0.4, -0.2) is 19.1 Å². The lowest BCUT2D eigenvalue weighted by Crippen LogP contribution is -2.23. The molecule has 0 spiro atoms. The zero-order valence-electron chi connectivity index (χ0n) is 13.7. The number of nitrogens with zero attached hydrogens (tertiary/aromatic N) is 1. The highest BCUT2D eigenvalue weighted by atomic mass is 15.1. The third-order valence-electron chi connectivity index (χ3n) is 4.56. The minimum absolute atomic E-state index is 0.541. The molecule has 2 rings (SSSR count). The Kier molecular flexibility index (Phi) is 5.09. The number of nitrogens with one attached hydrogen (secondary N) is 1. The first-order valence-electron chi connectivity index (χ1n) is 8.05. The van der Waals surface area contributed by atoms with Crippen molar-refractivity contribution in [1.29, 1.82) is 0 Å². The highest BCUT2D eigenvalue weighted by Gasteiger charge is 2.25. The summed E-state index contributed by atoms with van der Waals surface area (Å²) in [5.74, 6) is 1.66. The second kappa shape index (κ2) is 6.62. The Balaban J connectivity index is 2.02. The third-order valence-corrected chi connectivity index (χ3v) is 4.56. The van der Waals surface area contributed by atoms with Crippen molar-refractivity contribution in [2.45, 2.75) is 53.6 Å². The van der Waals surface area contributed by atoms with Crippen LogP contribution >= 0.6 is 0 Å². The second-order valence-electron chi connectivity index (χ2n) is 6.89. The molecule has 1 aromatic carbocycles. The summed E-state index contributed by atoms with van der Waals surface area (Å²) in [5.41, 5.74) is 4.23. The number of anilines is 1. The quantitative estimate of drug-likeness (QED) is 0.874. The zero-order chi connectivity index (χ0) is 14.7. The van der Waals surface area contributed by atoms with Crippen molar-refractivity contribution in [3.63, 3.8) is 0 Å². The summed E-state index contributed by atoms with van der Waals surface area (Å²) in [6, 6.07) is 7.50. The first-order chi connectivity index (χ1) is 9.47. The Bertz CT molecular complexity index is 437. The normalized spacial score (nSPS) is 19.4. The summed E-state index contributed by atoms with van der Waals surface area (Å²) in [4.78, 5) is 2.55. The van der Waals surface area contributed by atoms with Crippen molar-refractivity contribution in [3.05, 3.63) is 29.3 Å². The zero-order valence-corrected chi connectivity index (χ0v) is 13.7. The van der Waals surface area contributed by atoms with Crippen LogP contribution in [-0.2, 0) is 6.54 Å². The van der Waals surface area contributed by atoms with Crippen molar-refractivity contribution in [3.8, 4) is 0 Å². The fourth-order valence-corrected chi connectivity index (χ4v) is 2.96. The molecular weight excluding hydrogens is 244 g/mol. The van der Waals surface area contributed by atoms with Crippen LogP contribution in [0.5, 0.6) is 0 Å². The van der Waals surface area contributed by atoms with Crippen LogP contribution in [0.2, 0.25) is 0 Å². The molecule has 2 nitrogen and oxygen atoms in total. The van der Waals surface area contributed by atoms with Crippen molar-refractivity contribution in [1.82, 2.24) is 5.32 Å². The third kappa shape index (κ3) is 3.76. The van der Waals surface area contributed by atoms with Crippen LogP contribution in [0.1, 0.15) is 45.2 Å². The van der Waals surface area contributed by atoms with Gasteiger partial charge in [-0.2, -0.15) is 0 Å². The van der Waals surface area contributed by atoms with Gasteiger partial charge in [0.2, 0.25) is 0 Å². The van der Waals surface area contributed by atoms with Crippen LogP contribution in [0.15, 0.2) is 18.2 Å². The van der Waals surface area contributed by atoms with Crippen molar-refractivity contribution in [2.24, 2.45) is 11.8 Å². The van der Waals surface area contributed by atoms with Gasteiger partial charge < -0.3 is 10.2 Å². The van der Waals surface area contributed by atoms with Gasteiger partial charge in [-0.15, -0.1) is 0 Å². The highest BCUT2D eigenvalue weighted by Crippen LogP contribution is 2.29. The molecule has 1 unspecified atom stereocenters. The highest BCUT2D eigenvalue weighted by molar-refractivity contribution is 5.51. The molecule has 1 fully saturated rings. The maximum Gasteiger partial charge on any atom is 0.0369 e. The van der Waals surface area contributed by atoms with E-state index in [1.165, 1.54) is 36.3 Å². The molecular formula is C18H30N2. The predicted octanol–water partition coefficient (Wildman–Crippen LogP) is 3.98. The van der Waals surface area contributed by atoms with Gasteiger partial charge in [0.25, 0.3) is 0 Å². The average Bonchev–Trinajstić information content (AvgIpc) is 2.86. The number of hydrogen-bond donors (Lipinski definition) is 1. The lowest BCUT2D eigenvalue weighted by molar-refractivity contribution is 0.423. The molecule has 0 aromatic heterocycles. The topological polar surface area (TPSA) is 15.3 Å². The number of hydrogen-bond acceptors (Lipinski definition) is 2. The molecule has 1 saturated heterocycles. The Labute approximate surface area is 124 Å². The Morgan fingerprint density at radius 3 is 2.55 bits per heavy atom. The van der Waals surface area contributed by atoms with Crippen LogP contribution < -0.4 is 10.2 Å². The van der Waals surface area contributed by atoms with Gasteiger partial charge in [-0.05, 0) is 48.4 Å². The summed E-state index contributed by atoms with van der Waals surface area (Å²) in [6.45, 7) is 14.7. The van der Waals surface area contributed by atoms with E-state index in [-0.39, 0.29) is 0 Å². The maximum absolute atomic E-state index is 3.50. The van der Waals surface area contributed by atoms with E-state index >= 15 is 0 Å². The first kappa shape index (κ1) is 15.4. The maximum atomic E-state index is 3.50. The largest absolute Gasteiger partial charge is 0.371 e. The Morgan fingerprint density at radius 2 is 2.00 bits per heavy atom. The van der Waals surface area contributed by atoms with E-state index in [2.05, 4.69) is 63.0 Å². The molecule has 20 heavy (non-hydrogen) atoms. The molecule has 1 heterocycles. The molecule has 0 amide bonds. The number of benzene rings is 1. The fraction of sp³-hybridized carbons (Fsp3) is 0.667. The number of rotatable bonds is 5. The van der Waals surface area contributed by atoms with Crippen LogP contribution in [0, 0.1) is 18.8 Å². The summed E-state index contributed by atoms with van der Waals surface area (Å²) >= 11 is 0. The molecule has 0 aliphatic carbocycles. The van der Waals surface area contributed by atoms with Gasteiger partial charge in [-0.3, -0.25) is 0 Å². The van der Waals surface area contributed by atoms with Gasteiger partial charge in [0.05, 0.1) is 0 Å². The molecule has 0 bridgehead atoms. The van der Waals surface area contributed by atoms with Crippen molar-refractivity contribution < 1.29 is 0 Å². The summed E-state index contributed by atoms with van der Waals surface area (Å²) in [7, 11) is 0. The lowest BCUT2D eigenvalue weighted by atomic mass is 9.95. The number of aryl methyl sites for hydroxylation is 1. The van der Waals surface area contributed by atoms with Gasteiger partial charge >= 0.3 is 0 Å². The molecule has 0 saturated carbocycles. The van der Waals surface area contributed by atoms with E-state index in [9.17, 15) is 0 Å². The second-order valence-corrected chi connectivity index (χ2v) is 6.89. The average molecular weight is 274 g/mol. The molecule has 1 atom stereocenters. The molecule has 112 valence electrons. The minimum atomic E-state index is 0.541. The molecule has 2 heteroatoms. The summed E-state index contributed by atoms with van der Waals surface area (Å²) < 4.78 is 0.